The molecule has 0 saturated heterocycles. The molecule has 120 valence electrons. The Morgan fingerprint density at radius 1 is 1.38 bits per heavy atom. The minimum absolute atomic E-state index is 0.184. The summed E-state index contributed by atoms with van der Waals surface area (Å²) in [5.41, 5.74) is 0.184. The summed E-state index contributed by atoms with van der Waals surface area (Å²) in [6, 6.07) is 1.81. The largest absolute Gasteiger partial charge is 0.312 e. The van der Waals surface area contributed by atoms with Gasteiger partial charge in [-0.2, -0.15) is 0 Å². The highest BCUT2D eigenvalue weighted by atomic mass is 32.2. The van der Waals surface area contributed by atoms with Crippen molar-refractivity contribution in [2.45, 2.75) is 52.0 Å². The molecular formula is C15H26N2O2S2. The van der Waals surface area contributed by atoms with Gasteiger partial charge in [-0.05, 0) is 43.7 Å². The van der Waals surface area contributed by atoms with Crippen LogP contribution in [0.2, 0.25) is 0 Å². The van der Waals surface area contributed by atoms with Crippen LogP contribution in [0, 0.1) is 18.3 Å². The van der Waals surface area contributed by atoms with Crippen LogP contribution in [0.1, 0.15) is 43.4 Å². The van der Waals surface area contributed by atoms with Crippen molar-refractivity contribution in [3.8, 4) is 0 Å². The van der Waals surface area contributed by atoms with Crippen LogP contribution in [0.4, 0.5) is 0 Å². The summed E-state index contributed by atoms with van der Waals surface area (Å²) >= 11 is 1.55. The fraction of sp³-hybridized carbons (Fsp3) is 0.733. The SMILES string of the molecule is CCNCc1cc(S(=O)(=O)NCC2(C(C)C)CC2)c(C)s1. The molecule has 0 bridgehead atoms. The first-order valence-corrected chi connectivity index (χ1v) is 9.90. The van der Waals surface area contributed by atoms with E-state index in [0.717, 1.165) is 35.7 Å². The Kier molecular flexibility index (Phi) is 5.13. The third-order valence-corrected chi connectivity index (χ3v) is 7.20. The van der Waals surface area contributed by atoms with Crippen molar-refractivity contribution in [3.05, 3.63) is 15.8 Å². The summed E-state index contributed by atoms with van der Waals surface area (Å²) < 4.78 is 27.9. The van der Waals surface area contributed by atoms with Crippen LogP contribution < -0.4 is 10.0 Å². The van der Waals surface area contributed by atoms with Gasteiger partial charge in [-0.1, -0.05) is 20.8 Å². The van der Waals surface area contributed by atoms with E-state index in [0.29, 0.717) is 17.4 Å². The van der Waals surface area contributed by atoms with Crippen molar-refractivity contribution in [1.29, 1.82) is 0 Å². The smallest absolute Gasteiger partial charge is 0.241 e. The predicted octanol–water partition coefficient (Wildman–Crippen LogP) is 2.88. The first-order chi connectivity index (χ1) is 9.81. The van der Waals surface area contributed by atoms with Crippen LogP contribution in [0.25, 0.3) is 0 Å². The lowest BCUT2D eigenvalue weighted by Crippen LogP contribution is -2.32. The molecule has 1 aromatic heterocycles. The van der Waals surface area contributed by atoms with E-state index in [-0.39, 0.29) is 5.41 Å². The second-order valence-corrected chi connectivity index (χ2v) is 9.33. The molecule has 1 aliphatic carbocycles. The van der Waals surface area contributed by atoms with Gasteiger partial charge in [0.05, 0.1) is 4.90 Å². The van der Waals surface area contributed by atoms with Gasteiger partial charge in [0.2, 0.25) is 10.0 Å². The molecule has 1 fully saturated rings. The van der Waals surface area contributed by atoms with Crippen molar-refractivity contribution in [3.63, 3.8) is 0 Å². The maximum Gasteiger partial charge on any atom is 0.241 e. The van der Waals surface area contributed by atoms with Crippen LogP contribution in [0.3, 0.4) is 0 Å². The van der Waals surface area contributed by atoms with Crippen LogP contribution in [-0.4, -0.2) is 21.5 Å². The number of sulfonamides is 1. The van der Waals surface area contributed by atoms with Gasteiger partial charge in [-0.25, -0.2) is 13.1 Å². The number of aryl methyl sites for hydroxylation is 1. The molecule has 6 heteroatoms. The summed E-state index contributed by atoms with van der Waals surface area (Å²) in [6.07, 6.45) is 2.25. The minimum Gasteiger partial charge on any atom is -0.312 e. The third-order valence-electron chi connectivity index (χ3n) is 4.49. The normalized spacial score (nSPS) is 17.4. The predicted molar refractivity (Wildman–Crippen MR) is 88.1 cm³/mol. The van der Waals surface area contributed by atoms with Crippen molar-refractivity contribution in [1.82, 2.24) is 10.0 Å². The van der Waals surface area contributed by atoms with E-state index < -0.39 is 10.0 Å². The Morgan fingerprint density at radius 2 is 2.05 bits per heavy atom. The molecule has 0 amide bonds. The van der Waals surface area contributed by atoms with E-state index >= 15 is 0 Å². The lowest BCUT2D eigenvalue weighted by Gasteiger charge is -2.19. The Balaban J connectivity index is 2.07. The van der Waals surface area contributed by atoms with E-state index in [4.69, 9.17) is 0 Å². The molecule has 4 nitrogen and oxygen atoms in total. The van der Waals surface area contributed by atoms with Crippen LogP contribution >= 0.6 is 11.3 Å². The molecule has 0 atom stereocenters. The highest BCUT2D eigenvalue weighted by Crippen LogP contribution is 2.51. The van der Waals surface area contributed by atoms with Gasteiger partial charge in [0, 0.05) is 22.8 Å². The third kappa shape index (κ3) is 3.86. The Hall–Kier alpha value is -0.430. The summed E-state index contributed by atoms with van der Waals surface area (Å²) in [4.78, 5) is 2.38. The van der Waals surface area contributed by atoms with Crippen LogP contribution in [0.5, 0.6) is 0 Å². The lowest BCUT2D eigenvalue weighted by atomic mass is 9.93. The summed E-state index contributed by atoms with van der Waals surface area (Å²) in [5, 5.41) is 3.23. The Labute approximate surface area is 132 Å². The second-order valence-electron chi connectivity index (χ2n) is 6.26. The molecule has 0 aromatic carbocycles. The number of thiophene rings is 1. The molecule has 2 rings (SSSR count). The molecule has 0 unspecified atom stereocenters. The topological polar surface area (TPSA) is 58.2 Å². The van der Waals surface area contributed by atoms with Crippen molar-refractivity contribution in [2.75, 3.05) is 13.1 Å². The zero-order valence-corrected chi connectivity index (χ0v) is 15.0. The van der Waals surface area contributed by atoms with Gasteiger partial charge in [0.25, 0.3) is 0 Å². The zero-order chi connectivity index (χ0) is 15.7. The Morgan fingerprint density at radius 3 is 2.57 bits per heavy atom. The maximum atomic E-state index is 12.5. The first kappa shape index (κ1) is 16.9. The standard InChI is InChI=1S/C15H26N2O2S2/c1-5-16-9-13-8-14(12(4)20-13)21(18,19)17-10-15(6-7-15)11(2)3/h8,11,16-17H,5-7,9-10H2,1-4H3. The summed E-state index contributed by atoms with van der Waals surface area (Å²) in [6.45, 7) is 10.4. The van der Waals surface area contributed by atoms with E-state index in [1.807, 2.05) is 13.8 Å². The van der Waals surface area contributed by atoms with Crippen molar-refractivity contribution >= 4 is 21.4 Å². The molecule has 0 aliphatic heterocycles. The molecule has 1 heterocycles. The highest BCUT2D eigenvalue weighted by molar-refractivity contribution is 7.89. The molecule has 1 aliphatic rings. The van der Waals surface area contributed by atoms with E-state index in [2.05, 4.69) is 23.9 Å². The molecule has 21 heavy (non-hydrogen) atoms. The fourth-order valence-electron chi connectivity index (χ4n) is 2.56. The van der Waals surface area contributed by atoms with Gasteiger partial charge in [0.15, 0.2) is 0 Å². The zero-order valence-electron chi connectivity index (χ0n) is 13.3. The van der Waals surface area contributed by atoms with Gasteiger partial charge < -0.3 is 5.32 Å². The summed E-state index contributed by atoms with van der Waals surface area (Å²) in [5.74, 6) is 0.521. The molecule has 1 saturated carbocycles. The van der Waals surface area contributed by atoms with E-state index in [1.165, 1.54) is 0 Å². The minimum atomic E-state index is -3.39. The average Bonchev–Trinajstić information content (AvgIpc) is 3.12. The Bertz CT molecular complexity index is 587. The quantitative estimate of drug-likeness (QED) is 0.770. The number of nitrogens with one attached hydrogen (secondary N) is 2. The molecule has 1 aromatic rings. The summed E-state index contributed by atoms with van der Waals surface area (Å²) in [7, 11) is -3.39. The van der Waals surface area contributed by atoms with E-state index in [1.54, 1.807) is 17.4 Å². The van der Waals surface area contributed by atoms with E-state index in [9.17, 15) is 8.42 Å². The fourth-order valence-corrected chi connectivity index (χ4v) is 5.30. The highest BCUT2D eigenvalue weighted by Gasteiger charge is 2.45. The number of hydrogen-bond acceptors (Lipinski definition) is 4. The second kappa shape index (κ2) is 6.36. The molecule has 0 spiro atoms. The molecular weight excluding hydrogens is 304 g/mol. The molecule has 0 radical (unpaired) electrons. The van der Waals surface area contributed by atoms with Gasteiger partial charge in [0.1, 0.15) is 0 Å². The van der Waals surface area contributed by atoms with Crippen LogP contribution in [0.15, 0.2) is 11.0 Å². The van der Waals surface area contributed by atoms with Crippen molar-refractivity contribution < 1.29 is 8.42 Å². The van der Waals surface area contributed by atoms with Crippen molar-refractivity contribution in [2.24, 2.45) is 11.3 Å². The maximum absolute atomic E-state index is 12.5. The van der Waals surface area contributed by atoms with Gasteiger partial charge in [-0.15, -0.1) is 11.3 Å². The molecule has 2 N–H and O–H groups in total. The van der Waals surface area contributed by atoms with Crippen LogP contribution in [-0.2, 0) is 16.6 Å². The average molecular weight is 331 g/mol. The first-order valence-electron chi connectivity index (χ1n) is 7.60. The number of rotatable bonds is 8. The van der Waals surface area contributed by atoms with Gasteiger partial charge >= 0.3 is 0 Å². The number of hydrogen-bond donors (Lipinski definition) is 2. The monoisotopic (exact) mass is 330 g/mol. The lowest BCUT2D eigenvalue weighted by molar-refractivity contribution is 0.357. The van der Waals surface area contributed by atoms with Gasteiger partial charge in [-0.3, -0.25) is 0 Å².